The van der Waals surface area contributed by atoms with Crippen LogP contribution in [0.25, 0.3) is 0 Å². The number of aromatic nitrogens is 1. The Morgan fingerprint density at radius 2 is 1.56 bits per heavy atom. The summed E-state index contributed by atoms with van der Waals surface area (Å²) in [5.74, 6) is -1.66. The highest BCUT2D eigenvalue weighted by atomic mass is 16.5. The summed E-state index contributed by atoms with van der Waals surface area (Å²) < 4.78 is 10.5. The molecule has 0 fully saturated rings. The van der Waals surface area contributed by atoms with Crippen molar-refractivity contribution in [3.05, 3.63) is 65.1 Å². The molecule has 0 bridgehead atoms. The number of hydrogen-bond donors (Lipinski definition) is 1. The van der Waals surface area contributed by atoms with Gasteiger partial charge in [0.1, 0.15) is 0 Å². The van der Waals surface area contributed by atoms with E-state index in [4.69, 9.17) is 9.47 Å². The van der Waals surface area contributed by atoms with E-state index < -0.39 is 24.5 Å². The van der Waals surface area contributed by atoms with Crippen molar-refractivity contribution in [3.8, 4) is 0 Å². The van der Waals surface area contributed by atoms with Gasteiger partial charge in [0.05, 0.1) is 17.7 Å². The van der Waals surface area contributed by atoms with E-state index in [-0.39, 0.29) is 5.56 Å². The summed E-state index contributed by atoms with van der Waals surface area (Å²) in [6, 6.07) is 8.79. The summed E-state index contributed by atoms with van der Waals surface area (Å²) in [5, 5.41) is 13.5. The van der Waals surface area contributed by atoms with Crippen LogP contribution in [0.2, 0.25) is 0 Å². The molecule has 8 heteroatoms. The van der Waals surface area contributed by atoms with Crippen LogP contribution >= 0.6 is 0 Å². The Morgan fingerprint density at radius 1 is 0.963 bits per heavy atom. The number of benzene rings is 1. The van der Waals surface area contributed by atoms with E-state index in [1.807, 2.05) is 6.92 Å². The monoisotopic (exact) mass is 372 g/mol. The van der Waals surface area contributed by atoms with Crippen molar-refractivity contribution in [3.63, 3.8) is 0 Å². The van der Waals surface area contributed by atoms with Crippen LogP contribution in [0.3, 0.4) is 0 Å². The fourth-order valence-electron chi connectivity index (χ4n) is 2.04. The molecule has 0 atom stereocenters. The molecule has 2 rings (SSSR count). The maximum atomic E-state index is 11.9. The predicted octanol–water partition coefficient (Wildman–Crippen LogP) is 2.07. The number of rotatable bonds is 8. The molecule has 0 aliphatic heterocycles. The zero-order valence-corrected chi connectivity index (χ0v) is 14.8. The molecule has 1 aromatic carbocycles. The standard InChI is InChI=1S/C19H20N2O6/c1-2-3-12-26-18(23)14-4-6-16(7-5-14)20-17(22)13-27-19(24)15-8-10-21(25)11-9-15/h4-11H,2-3,12-13H2,1H3,(H,20,22). The lowest BCUT2D eigenvalue weighted by atomic mass is 10.2. The number of nitrogens with one attached hydrogen (secondary N) is 1. The van der Waals surface area contributed by atoms with Crippen molar-refractivity contribution in [2.45, 2.75) is 19.8 Å². The molecule has 0 spiro atoms. The summed E-state index contributed by atoms with van der Waals surface area (Å²) in [6.45, 7) is 1.89. The van der Waals surface area contributed by atoms with Crippen LogP contribution in [0.1, 0.15) is 40.5 Å². The van der Waals surface area contributed by atoms with Gasteiger partial charge in [-0.2, -0.15) is 4.73 Å². The van der Waals surface area contributed by atoms with Crippen LogP contribution in [-0.4, -0.2) is 31.1 Å². The third-order valence-corrected chi connectivity index (χ3v) is 3.51. The Morgan fingerprint density at radius 3 is 2.19 bits per heavy atom. The molecular weight excluding hydrogens is 352 g/mol. The summed E-state index contributed by atoms with van der Waals surface area (Å²) in [7, 11) is 0. The van der Waals surface area contributed by atoms with Crippen molar-refractivity contribution in [2.75, 3.05) is 18.5 Å². The summed E-state index contributed by atoms with van der Waals surface area (Å²) in [6.07, 6.45) is 4.06. The van der Waals surface area contributed by atoms with Crippen LogP contribution in [0, 0.1) is 5.21 Å². The smallest absolute Gasteiger partial charge is 0.339 e. The van der Waals surface area contributed by atoms with Gasteiger partial charge in [-0.1, -0.05) is 13.3 Å². The summed E-state index contributed by atoms with van der Waals surface area (Å²) in [4.78, 5) is 35.4. The number of esters is 2. The van der Waals surface area contributed by atoms with Crippen LogP contribution in [-0.2, 0) is 14.3 Å². The number of unbranched alkanes of at least 4 members (excludes halogenated alkanes) is 1. The third kappa shape index (κ3) is 6.43. The van der Waals surface area contributed by atoms with Crippen molar-refractivity contribution in [1.29, 1.82) is 0 Å². The number of anilines is 1. The molecule has 8 nitrogen and oxygen atoms in total. The van der Waals surface area contributed by atoms with Gasteiger partial charge in [-0.25, -0.2) is 9.59 Å². The number of carbonyl (C=O) groups is 3. The minimum absolute atomic E-state index is 0.167. The highest BCUT2D eigenvalue weighted by Gasteiger charge is 2.12. The zero-order valence-electron chi connectivity index (χ0n) is 14.8. The van der Waals surface area contributed by atoms with Gasteiger partial charge in [0.15, 0.2) is 19.0 Å². The lowest BCUT2D eigenvalue weighted by molar-refractivity contribution is -0.605. The second-order valence-electron chi connectivity index (χ2n) is 5.64. The first-order valence-corrected chi connectivity index (χ1v) is 8.42. The molecule has 142 valence electrons. The fourth-order valence-corrected chi connectivity index (χ4v) is 2.04. The molecule has 0 radical (unpaired) electrons. The van der Waals surface area contributed by atoms with Gasteiger partial charge in [-0.3, -0.25) is 4.79 Å². The number of carbonyl (C=O) groups excluding carboxylic acids is 3. The molecule has 1 amide bonds. The number of hydrogen-bond acceptors (Lipinski definition) is 6. The fraction of sp³-hybridized carbons (Fsp3) is 0.263. The van der Waals surface area contributed by atoms with Crippen molar-refractivity contribution in [2.24, 2.45) is 0 Å². The minimum Gasteiger partial charge on any atom is -0.619 e. The van der Waals surface area contributed by atoms with Crippen LogP contribution < -0.4 is 10.0 Å². The van der Waals surface area contributed by atoms with Gasteiger partial charge < -0.3 is 20.0 Å². The highest BCUT2D eigenvalue weighted by molar-refractivity contribution is 5.96. The topological polar surface area (TPSA) is 109 Å². The molecule has 0 aliphatic carbocycles. The molecule has 0 unspecified atom stereocenters. The van der Waals surface area contributed by atoms with Crippen LogP contribution in [0.5, 0.6) is 0 Å². The Balaban J connectivity index is 1.80. The van der Waals surface area contributed by atoms with E-state index in [9.17, 15) is 19.6 Å². The molecule has 27 heavy (non-hydrogen) atoms. The quantitative estimate of drug-likeness (QED) is 0.329. The molecule has 0 saturated carbocycles. The van der Waals surface area contributed by atoms with E-state index in [1.54, 1.807) is 12.1 Å². The molecular formula is C19H20N2O6. The van der Waals surface area contributed by atoms with Crippen molar-refractivity contribution < 1.29 is 28.6 Å². The molecule has 1 aromatic heterocycles. The highest BCUT2D eigenvalue weighted by Crippen LogP contribution is 2.11. The Labute approximate surface area is 156 Å². The van der Waals surface area contributed by atoms with E-state index in [1.165, 1.54) is 24.3 Å². The SMILES string of the molecule is CCCCOC(=O)c1ccc(NC(=O)COC(=O)c2cc[n+]([O-])cc2)cc1. The lowest BCUT2D eigenvalue weighted by Crippen LogP contribution is -2.25. The van der Waals surface area contributed by atoms with E-state index in [2.05, 4.69) is 5.32 Å². The lowest BCUT2D eigenvalue weighted by Gasteiger charge is -2.08. The molecule has 0 saturated heterocycles. The average molecular weight is 372 g/mol. The van der Waals surface area contributed by atoms with Gasteiger partial charge in [0, 0.05) is 17.8 Å². The molecule has 0 aliphatic rings. The third-order valence-electron chi connectivity index (χ3n) is 3.51. The maximum Gasteiger partial charge on any atom is 0.339 e. The normalized spacial score (nSPS) is 10.1. The number of ether oxygens (including phenoxy) is 2. The second-order valence-corrected chi connectivity index (χ2v) is 5.64. The second kappa shape index (κ2) is 9.91. The van der Waals surface area contributed by atoms with Gasteiger partial charge in [-0.15, -0.1) is 0 Å². The minimum atomic E-state index is -0.712. The number of pyridine rings is 1. The molecule has 1 heterocycles. The van der Waals surface area contributed by atoms with Crippen molar-refractivity contribution >= 4 is 23.5 Å². The number of amides is 1. The zero-order chi connectivity index (χ0) is 19.6. The first-order valence-electron chi connectivity index (χ1n) is 8.42. The van der Waals surface area contributed by atoms with Gasteiger partial charge in [-0.05, 0) is 30.7 Å². The van der Waals surface area contributed by atoms with Gasteiger partial charge in [0.2, 0.25) is 0 Å². The molecule has 2 aromatic rings. The summed E-state index contributed by atoms with van der Waals surface area (Å²) in [5.41, 5.74) is 1.00. The van der Waals surface area contributed by atoms with E-state index in [0.717, 1.165) is 25.2 Å². The summed E-state index contributed by atoms with van der Waals surface area (Å²) >= 11 is 0. The Hall–Kier alpha value is -3.42. The van der Waals surface area contributed by atoms with Crippen molar-refractivity contribution in [1.82, 2.24) is 0 Å². The van der Waals surface area contributed by atoms with Gasteiger partial charge >= 0.3 is 11.9 Å². The first-order chi connectivity index (χ1) is 13.0. The predicted molar refractivity (Wildman–Crippen MR) is 95.9 cm³/mol. The molecule has 1 N–H and O–H groups in total. The van der Waals surface area contributed by atoms with Crippen LogP contribution in [0.15, 0.2) is 48.8 Å². The first kappa shape index (κ1) is 19.9. The Bertz CT molecular complexity index is 787. The van der Waals surface area contributed by atoms with Crippen LogP contribution in [0.4, 0.5) is 5.69 Å². The Kier molecular flexibility index (Phi) is 7.30. The van der Waals surface area contributed by atoms with Gasteiger partial charge in [0.25, 0.3) is 5.91 Å². The average Bonchev–Trinajstić information content (AvgIpc) is 2.67. The maximum absolute atomic E-state index is 11.9. The largest absolute Gasteiger partial charge is 0.619 e. The number of nitrogens with zero attached hydrogens (tertiary/aromatic N) is 1. The van der Waals surface area contributed by atoms with E-state index >= 15 is 0 Å². The van der Waals surface area contributed by atoms with E-state index in [0.29, 0.717) is 22.6 Å².